The Morgan fingerprint density at radius 1 is 1.39 bits per heavy atom. The van der Waals surface area contributed by atoms with Crippen molar-refractivity contribution in [1.82, 2.24) is 0 Å². The van der Waals surface area contributed by atoms with Crippen LogP contribution in [0.4, 0.5) is 5.69 Å². The number of nitrogens with zero attached hydrogens (tertiary/aromatic N) is 1. The number of anilines is 1. The van der Waals surface area contributed by atoms with E-state index in [0.29, 0.717) is 12.1 Å². The predicted octanol–water partition coefficient (Wildman–Crippen LogP) is 1.39. The van der Waals surface area contributed by atoms with Crippen molar-refractivity contribution in [2.75, 3.05) is 18.0 Å². The summed E-state index contributed by atoms with van der Waals surface area (Å²) in [4.78, 5) is 23.7. The van der Waals surface area contributed by atoms with Crippen LogP contribution in [0.2, 0.25) is 0 Å². The molecule has 0 atom stereocenters. The molecule has 0 unspecified atom stereocenters. The topological polar surface area (TPSA) is 83.6 Å². The smallest absolute Gasteiger partial charge is 0.323 e. The Hall–Kier alpha value is -2.04. The first kappa shape index (κ1) is 14.0. The molecule has 0 saturated heterocycles. The van der Waals surface area contributed by atoms with Crippen LogP contribution >= 0.6 is 0 Å². The van der Waals surface area contributed by atoms with Crippen LogP contribution in [0, 0.1) is 6.92 Å². The number of hydrogen-bond acceptors (Lipinski definition) is 3. The third-order valence-electron chi connectivity index (χ3n) is 2.66. The number of rotatable bonds is 6. The van der Waals surface area contributed by atoms with Gasteiger partial charge in [-0.2, -0.15) is 0 Å². The molecule has 0 aliphatic rings. The molecule has 0 aliphatic heterocycles. The molecule has 1 aromatic carbocycles. The highest BCUT2D eigenvalue weighted by molar-refractivity contribution is 5.94. The van der Waals surface area contributed by atoms with Gasteiger partial charge in [-0.15, -0.1) is 0 Å². The van der Waals surface area contributed by atoms with Crippen molar-refractivity contribution in [2.45, 2.75) is 20.3 Å². The molecule has 0 saturated carbocycles. The molecule has 1 aromatic rings. The zero-order chi connectivity index (χ0) is 13.7. The average molecular weight is 250 g/mol. The zero-order valence-corrected chi connectivity index (χ0v) is 10.6. The monoisotopic (exact) mass is 250 g/mol. The molecule has 5 heteroatoms. The first-order valence-electron chi connectivity index (χ1n) is 5.83. The van der Waals surface area contributed by atoms with E-state index in [1.54, 1.807) is 30.0 Å². The highest BCUT2D eigenvalue weighted by Gasteiger charge is 2.12. The summed E-state index contributed by atoms with van der Waals surface area (Å²) >= 11 is 0. The number of aryl methyl sites for hydroxylation is 1. The van der Waals surface area contributed by atoms with E-state index in [9.17, 15) is 9.59 Å². The van der Waals surface area contributed by atoms with Gasteiger partial charge in [-0.3, -0.25) is 9.59 Å². The highest BCUT2D eigenvalue weighted by atomic mass is 16.4. The molecule has 0 aliphatic carbocycles. The van der Waals surface area contributed by atoms with E-state index in [0.717, 1.165) is 17.7 Å². The largest absolute Gasteiger partial charge is 0.480 e. The van der Waals surface area contributed by atoms with Gasteiger partial charge in [0.25, 0.3) is 0 Å². The fourth-order valence-electron chi connectivity index (χ4n) is 1.85. The summed E-state index contributed by atoms with van der Waals surface area (Å²) in [6, 6.07) is 5.15. The Morgan fingerprint density at radius 2 is 2.06 bits per heavy atom. The van der Waals surface area contributed by atoms with Crippen LogP contribution in [-0.4, -0.2) is 30.1 Å². The van der Waals surface area contributed by atoms with Gasteiger partial charge in [0.05, 0.1) is 0 Å². The highest BCUT2D eigenvalue weighted by Crippen LogP contribution is 2.19. The Kier molecular flexibility index (Phi) is 4.71. The maximum Gasteiger partial charge on any atom is 0.323 e. The minimum atomic E-state index is -0.875. The van der Waals surface area contributed by atoms with Crippen LogP contribution in [-0.2, 0) is 4.79 Å². The molecule has 0 radical (unpaired) electrons. The van der Waals surface area contributed by atoms with E-state index >= 15 is 0 Å². The van der Waals surface area contributed by atoms with E-state index in [2.05, 4.69) is 0 Å². The van der Waals surface area contributed by atoms with E-state index in [1.165, 1.54) is 0 Å². The van der Waals surface area contributed by atoms with Crippen LogP contribution in [0.15, 0.2) is 18.2 Å². The number of nitrogens with two attached hydrogens (primary N) is 1. The van der Waals surface area contributed by atoms with Crippen molar-refractivity contribution < 1.29 is 14.7 Å². The van der Waals surface area contributed by atoms with Gasteiger partial charge in [0.1, 0.15) is 6.54 Å². The van der Waals surface area contributed by atoms with Crippen LogP contribution in [0.3, 0.4) is 0 Å². The van der Waals surface area contributed by atoms with Crippen LogP contribution < -0.4 is 10.6 Å². The van der Waals surface area contributed by atoms with Crippen LogP contribution in [0.5, 0.6) is 0 Å². The predicted molar refractivity (Wildman–Crippen MR) is 69.8 cm³/mol. The minimum absolute atomic E-state index is 0.0524. The van der Waals surface area contributed by atoms with Gasteiger partial charge in [-0.1, -0.05) is 6.92 Å². The molecule has 0 bridgehead atoms. The lowest BCUT2D eigenvalue weighted by molar-refractivity contribution is -0.135. The number of carboxylic acids is 1. The fraction of sp³-hybridized carbons (Fsp3) is 0.385. The SMILES string of the molecule is CCCN(CC(=O)O)c1ccc(C(N)=O)c(C)c1. The van der Waals surface area contributed by atoms with Gasteiger partial charge in [-0.25, -0.2) is 0 Å². The van der Waals surface area contributed by atoms with Gasteiger partial charge in [0.2, 0.25) is 5.91 Å². The second-order valence-corrected chi connectivity index (χ2v) is 4.18. The maximum atomic E-state index is 11.1. The third kappa shape index (κ3) is 3.48. The first-order chi connectivity index (χ1) is 8.45. The lowest BCUT2D eigenvalue weighted by Gasteiger charge is -2.23. The second-order valence-electron chi connectivity index (χ2n) is 4.18. The second kappa shape index (κ2) is 6.05. The number of carbonyl (C=O) groups is 2. The number of carboxylic acid groups (broad SMARTS) is 1. The minimum Gasteiger partial charge on any atom is -0.480 e. The molecule has 3 N–H and O–H groups in total. The molecule has 98 valence electrons. The number of benzene rings is 1. The molecule has 0 aromatic heterocycles. The molecular weight excluding hydrogens is 232 g/mol. The molecule has 5 nitrogen and oxygen atoms in total. The molecule has 0 spiro atoms. The molecule has 1 rings (SSSR count). The molecule has 18 heavy (non-hydrogen) atoms. The zero-order valence-electron chi connectivity index (χ0n) is 10.6. The van der Waals surface area contributed by atoms with Crippen molar-refractivity contribution in [3.05, 3.63) is 29.3 Å². The van der Waals surface area contributed by atoms with Crippen molar-refractivity contribution in [1.29, 1.82) is 0 Å². The molecule has 0 heterocycles. The summed E-state index contributed by atoms with van der Waals surface area (Å²) in [6.45, 7) is 4.37. The summed E-state index contributed by atoms with van der Waals surface area (Å²) < 4.78 is 0. The van der Waals surface area contributed by atoms with Crippen molar-refractivity contribution in [3.63, 3.8) is 0 Å². The Labute approximate surface area is 106 Å². The Balaban J connectivity index is 3.02. The van der Waals surface area contributed by atoms with Crippen LogP contribution in [0.1, 0.15) is 29.3 Å². The van der Waals surface area contributed by atoms with Gasteiger partial charge in [0.15, 0.2) is 0 Å². The van der Waals surface area contributed by atoms with E-state index in [1.807, 2.05) is 6.92 Å². The molecular formula is C13H18N2O3. The fourth-order valence-corrected chi connectivity index (χ4v) is 1.85. The first-order valence-corrected chi connectivity index (χ1v) is 5.83. The maximum absolute atomic E-state index is 11.1. The Bertz CT molecular complexity index is 458. The summed E-state index contributed by atoms with van der Waals surface area (Å²) in [6.07, 6.45) is 0.851. The summed E-state index contributed by atoms with van der Waals surface area (Å²) in [5, 5.41) is 8.87. The normalized spacial score (nSPS) is 10.1. The van der Waals surface area contributed by atoms with E-state index < -0.39 is 11.9 Å². The summed E-state index contributed by atoms with van der Waals surface area (Å²) in [7, 11) is 0. The third-order valence-corrected chi connectivity index (χ3v) is 2.66. The number of primary amides is 1. The summed E-state index contributed by atoms with van der Waals surface area (Å²) in [5.74, 6) is -1.35. The number of aliphatic carboxylic acids is 1. The lowest BCUT2D eigenvalue weighted by Crippen LogP contribution is -2.30. The van der Waals surface area contributed by atoms with Gasteiger partial charge >= 0.3 is 5.97 Å². The van der Waals surface area contributed by atoms with E-state index in [-0.39, 0.29) is 6.54 Å². The number of carbonyl (C=O) groups excluding carboxylic acids is 1. The lowest BCUT2D eigenvalue weighted by atomic mass is 10.1. The van der Waals surface area contributed by atoms with Gasteiger partial charge in [-0.05, 0) is 37.1 Å². The average Bonchev–Trinajstić information content (AvgIpc) is 2.27. The van der Waals surface area contributed by atoms with Gasteiger partial charge in [0, 0.05) is 17.8 Å². The number of amides is 1. The number of hydrogen-bond donors (Lipinski definition) is 2. The van der Waals surface area contributed by atoms with Crippen molar-refractivity contribution >= 4 is 17.6 Å². The molecule has 1 amide bonds. The standard InChI is InChI=1S/C13H18N2O3/c1-3-6-15(8-12(16)17)10-4-5-11(13(14)18)9(2)7-10/h4-5,7H,3,6,8H2,1-2H3,(H2,14,18)(H,16,17). The quantitative estimate of drug-likeness (QED) is 0.799. The van der Waals surface area contributed by atoms with Crippen molar-refractivity contribution in [2.24, 2.45) is 5.73 Å². The Morgan fingerprint density at radius 3 is 2.50 bits per heavy atom. The van der Waals surface area contributed by atoms with Crippen LogP contribution in [0.25, 0.3) is 0 Å². The summed E-state index contributed by atoms with van der Waals surface area (Å²) in [5.41, 5.74) is 7.25. The van der Waals surface area contributed by atoms with Crippen molar-refractivity contribution in [3.8, 4) is 0 Å². The van der Waals surface area contributed by atoms with Gasteiger partial charge < -0.3 is 15.7 Å². The van der Waals surface area contributed by atoms with E-state index in [4.69, 9.17) is 10.8 Å². The molecule has 0 fully saturated rings.